The highest BCUT2D eigenvalue weighted by molar-refractivity contribution is 7.92. The van der Waals surface area contributed by atoms with Gasteiger partial charge in [0.2, 0.25) is 0 Å². The standard InChI is InChI=1S/C11H12ClN3O2S/c1-15-8-10(7-13-15)18(16,17)14-11-5-3-2-4-9(11)6-12/h2-5,7-8,14H,6H2,1H3. The summed E-state index contributed by atoms with van der Waals surface area (Å²) in [6.07, 6.45) is 2.73. The molecule has 2 aromatic rings. The lowest BCUT2D eigenvalue weighted by Gasteiger charge is -2.09. The number of alkyl halides is 1. The molecule has 0 bridgehead atoms. The fraction of sp³-hybridized carbons (Fsp3) is 0.182. The van der Waals surface area contributed by atoms with Crippen LogP contribution in [0.1, 0.15) is 5.56 Å². The maximum atomic E-state index is 12.1. The average molecular weight is 286 g/mol. The summed E-state index contributed by atoms with van der Waals surface area (Å²) in [7, 11) is -1.96. The second kappa shape index (κ2) is 4.99. The number of aromatic nitrogens is 2. The molecule has 0 saturated heterocycles. The monoisotopic (exact) mass is 285 g/mol. The highest BCUT2D eigenvalue weighted by Crippen LogP contribution is 2.20. The van der Waals surface area contributed by atoms with Gasteiger partial charge >= 0.3 is 0 Å². The number of sulfonamides is 1. The van der Waals surface area contributed by atoms with Crippen LogP contribution in [0.15, 0.2) is 41.6 Å². The first-order valence-corrected chi connectivity index (χ1v) is 7.20. The Morgan fingerprint density at radius 3 is 2.72 bits per heavy atom. The number of hydrogen-bond donors (Lipinski definition) is 1. The van der Waals surface area contributed by atoms with Crippen LogP contribution in [0.3, 0.4) is 0 Å². The van der Waals surface area contributed by atoms with Crippen molar-refractivity contribution in [3.8, 4) is 0 Å². The molecule has 1 N–H and O–H groups in total. The molecule has 0 aliphatic heterocycles. The van der Waals surface area contributed by atoms with E-state index in [0.29, 0.717) is 5.69 Å². The SMILES string of the molecule is Cn1cc(S(=O)(=O)Nc2ccccc2CCl)cn1. The summed E-state index contributed by atoms with van der Waals surface area (Å²) < 4.78 is 28.1. The van der Waals surface area contributed by atoms with Gasteiger partial charge in [0.25, 0.3) is 10.0 Å². The van der Waals surface area contributed by atoms with Crippen LogP contribution in [0, 0.1) is 0 Å². The molecule has 1 heterocycles. The quantitative estimate of drug-likeness (QED) is 0.874. The second-order valence-corrected chi connectivity index (χ2v) is 5.70. The third kappa shape index (κ3) is 2.65. The summed E-state index contributed by atoms with van der Waals surface area (Å²) in [5.74, 6) is 0.242. The summed E-state index contributed by atoms with van der Waals surface area (Å²) in [5, 5.41) is 3.84. The first-order valence-electron chi connectivity index (χ1n) is 5.18. The van der Waals surface area contributed by atoms with Crippen LogP contribution in [0.2, 0.25) is 0 Å². The normalized spacial score (nSPS) is 11.4. The number of nitrogens with one attached hydrogen (secondary N) is 1. The number of rotatable bonds is 4. The summed E-state index contributed by atoms with van der Waals surface area (Å²) in [6.45, 7) is 0. The Morgan fingerprint density at radius 1 is 1.39 bits per heavy atom. The second-order valence-electron chi connectivity index (χ2n) is 3.75. The lowest BCUT2D eigenvalue weighted by molar-refractivity contribution is 0.601. The van der Waals surface area contributed by atoms with Gasteiger partial charge in [0, 0.05) is 19.1 Å². The molecule has 0 fully saturated rings. The predicted octanol–water partition coefficient (Wildman–Crippen LogP) is 1.96. The number of para-hydroxylation sites is 1. The van der Waals surface area contributed by atoms with E-state index in [1.807, 2.05) is 0 Å². The van der Waals surface area contributed by atoms with E-state index in [9.17, 15) is 8.42 Å². The van der Waals surface area contributed by atoms with Gasteiger partial charge < -0.3 is 0 Å². The minimum Gasteiger partial charge on any atom is -0.279 e. The van der Waals surface area contributed by atoms with Crippen LogP contribution >= 0.6 is 11.6 Å². The van der Waals surface area contributed by atoms with Crippen molar-refractivity contribution in [2.24, 2.45) is 7.05 Å². The van der Waals surface area contributed by atoms with E-state index in [2.05, 4.69) is 9.82 Å². The molecule has 18 heavy (non-hydrogen) atoms. The van der Waals surface area contributed by atoms with E-state index >= 15 is 0 Å². The minimum atomic E-state index is -3.62. The topological polar surface area (TPSA) is 64.0 Å². The van der Waals surface area contributed by atoms with Crippen LogP contribution in [0.4, 0.5) is 5.69 Å². The molecule has 0 saturated carbocycles. The Kier molecular flexibility index (Phi) is 3.58. The van der Waals surface area contributed by atoms with E-state index in [4.69, 9.17) is 11.6 Å². The highest BCUT2D eigenvalue weighted by atomic mass is 35.5. The number of nitrogens with zero attached hydrogens (tertiary/aromatic N) is 2. The van der Waals surface area contributed by atoms with Crippen molar-refractivity contribution in [3.63, 3.8) is 0 Å². The summed E-state index contributed by atoms with van der Waals surface area (Å²) in [5.41, 5.74) is 1.21. The molecule has 7 heteroatoms. The van der Waals surface area contributed by atoms with E-state index in [-0.39, 0.29) is 10.8 Å². The first-order chi connectivity index (χ1) is 8.53. The fourth-order valence-corrected chi connectivity index (χ4v) is 2.79. The van der Waals surface area contributed by atoms with Crippen LogP contribution in [-0.2, 0) is 23.0 Å². The van der Waals surface area contributed by atoms with Gasteiger partial charge in [-0.25, -0.2) is 8.42 Å². The summed E-state index contributed by atoms with van der Waals surface area (Å²) >= 11 is 5.76. The van der Waals surface area contributed by atoms with Gasteiger partial charge in [0.15, 0.2) is 0 Å². The van der Waals surface area contributed by atoms with Gasteiger partial charge in [0.05, 0.1) is 11.9 Å². The number of benzene rings is 1. The number of aryl methyl sites for hydroxylation is 1. The smallest absolute Gasteiger partial charge is 0.265 e. The van der Waals surface area contributed by atoms with Crippen LogP contribution in [0.25, 0.3) is 0 Å². The molecular formula is C11H12ClN3O2S. The maximum absolute atomic E-state index is 12.1. The van der Waals surface area contributed by atoms with Crippen molar-refractivity contribution in [1.29, 1.82) is 0 Å². The molecule has 0 spiro atoms. The van der Waals surface area contributed by atoms with E-state index in [0.717, 1.165) is 5.56 Å². The highest BCUT2D eigenvalue weighted by Gasteiger charge is 2.17. The van der Waals surface area contributed by atoms with Crippen molar-refractivity contribution in [1.82, 2.24) is 9.78 Å². The van der Waals surface area contributed by atoms with Crippen molar-refractivity contribution in [3.05, 3.63) is 42.2 Å². The van der Waals surface area contributed by atoms with E-state index in [1.54, 1.807) is 31.3 Å². The largest absolute Gasteiger partial charge is 0.279 e. The minimum absolute atomic E-state index is 0.120. The lowest BCUT2D eigenvalue weighted by atomic mass is 10.2. The van der Waals surface area contributed by atoms with E-state index < -0.39 is 10.0 Å². The molecule has 96 valence electrons. The lowest BCUT2D eigenvalue weighted by Crippen LogP contribution is -2.13. The van der Waals surface area contributed by atoms with Gasteiger partial charge in [0.1, 0.15) is 4.90 Å². The molecule has 0 radical (unpaired) electrons. The van der Waals surface area contributed by atoms with Gasteiger partial charge in [-0.05, 0) is 11.6 Å². The fourth-order valence-electron chi connectivity index (χ4n) is 1.48. The third-order valence-corrected chi connectivity index (χ3v) is 4.01. The van der Waals surface area contributed by atoms with Crippen molar-refractivity contribution in [2.75, 3.05) is 4.72 Å². The zero-order chi connectivity index (χ0) is 13.2. The van der Waals surface area contributed by atoms with E-state index in [1.165, 1.54) is 17.1 Å². The van der Waals surface area contributed by atoms with Crippen molar-refractivity contribution in [2.45, 2.75) is 10.8 Å². The van der Waals surface area contributed by atoms with Crippen LogP contribution < -0.4 is 4.72 Å². The number of halogens is 1. The van der Waals surface area contributed by atoms with Crippen molar-refractivity contribution < 1.29 is 8.42 Å². The van der Waals surface area contributed by atoms with Gasteiger partial charge in [-0.3, -0.25) is 9.40 Å². The molecule has 0 atom stereocenters. The molecule has 2 rings (SSSR count). The summed E-state index contributed by atoms with van der Waals surface area (Å²) in [6, 6.07) is 7.00. The Morgan fingerprint density at radius 2 is 2.11 bits per heavy atom. The van der Waals surface area contributed by atoms with Crippen LogP contribution in [0.5, 0.6) is 0 Å². The molecule has 0 aliphatic carbocycles. The molecular weight excluding hydrogens is 274 g/mol. The van der Waals surface area contributed by atoms with Gasteiger partial charge in [-0.1, -0.05) is 18.2 Å². The first kappa shape index (κ1) is 12.9. The third-order valence-electron chi connectivity index (χ3n) is 2.40. The maximum Gasteiger partial charge on any atom is 0.265 e. The Labute approximate surface area is 110 Å². The number of anilines is 1. The zero-order valence-corrected chi connectivity index (χ0v) is 11.2. The summed E-state index contributed by atoms with van der Waals surface area (Å²) in [4.78, 5) is 0.120. The number of hydrogen-bond acceptors (Lipinski definition) is 3. The van der Waals surface area contributed by atoms with Crippen molar-refractivity contribution >= 4 is 27.3 Å². The van der Waals surface area contributed by atoms with Gasteiger partial charge in [-0.15, -0.1) is 11.6 Å². The molecule has 1 aromatic heterocycles. The van der Waals surface area contributed by atoms with Gasteiger partial charge in [-0.2, -0.15) is 5.10 Å². The Hall–Kier alpha value is -1.53. The molecule has 1 aromatic carbocycles. The molecule has 0 amide bonds. The zero-order valence-electron chi connectivity index (χ0n) is 9.67. The molecule has 0 unspecified atom stereocenters. The predicted molar refractivity (Wildman–Crippen MR) is 70.0 cm³/mol. The Balaban J connectivity index is 2.33. The molecule has 5 nitrogen and oxygen atoms in total. The average Bonchev–Trinajstić information content (AvgIpc) is 2.77. The van der Waals surface area contributed by atoms with Crippen LogP contribution in [-0.4, -0.2) is 18.2 Å². The molecule has 0 aliphatic rings. The Bertz CT molecular complexity index is 652.